The highest BCUT2D eigenvalue weighted by Gasteiger charge is 2.35. The maximum absolute atomic E-state index is 12.1. The topological polar surface area (TPSA) is 60.9 Å². The summed E-state index contributed by atoms with van der Waals surface area (Å²) in [5, 5.41) is 8.78. The molecule has 5 nitrogen and oxygen atoms in total. The molecule has 1 fully saturated rings. The lowest BCUT2D eigenvalue weighted by atomic mass is 10.2. The third-order valence-electron chi connectivity index (χ3n) is 2.87. The Bertz CT molecular complexity index is 323. The standard InChI is InChI=1S/C11H16N2O3/c14-10(15)8-13(9-4-5-9)11(16)12-6-2-1-3-7-12/h1-2,9H,3-8H2,(H,14,15). The number of nitrogens with zero attached hydrogens (tertiary/aromatic N) is 2. The molecule has 0 saturated heterocycles. The second-order valence-corrected chi connectivity index (χ2v) is 4.24. The van der Waals surface area contributed by atoms with Gasteiger partial charge in [0.2, 0.25) is 0 Å². The smallest absolute Gasteiger partial charge is 0.323 e. The highest BCUT2D eigenvalue weighted by atomic mass is 16.4. The largest absolute Gasteiger partial charge is 0.480 e. The number of carbonyl (C=O) groups excluding carboxylic acids is 1. The second kappa shape index (κ2) is 4.55. The molecule has 1 heterocycles. The van der Waals surface area contributed by atoms with Crippen LogP contribution < -0.4 is 0 Å². The molecule has 2 amide bonds. The van der Waals surface area contributed by atoms with Crippen molar-refractivity contribution < 1.29 is 14.7 Å². The SMILES string of the molecule is O=C(O)CN(C(=O)N1CC=CCC1)C1CC1. The van der Waals surface area contributed by atoms with Gasteiger partial charge in [-0.2, -0.15) is 0 Å². The van der Waals surface area contributed by atoms with Crippen LogP contribution in [0.5, 0.6) is 0 Å². The van der Waals surface area contributed by atoms with Gasteiger partial charge in [0.1, 0.15) is 6.54 Å². The Labute approximate surface area is 94.3 Å². The van der Waals surface area contributed by atoms with Crippen LogP contribution in [-0.4, -0.2) is 52.6 Å². The van der Waals surface area contributed by atoms with Crippen LogP contribution in [0.4, 0.5) is 4.79 Å². The molecule has 1 aliphatic heterocycles. The quantitative estimate of drug-likeness (QED) is 0.725. The molecule has 2 rings (SSSR count). The molecule has 88 valence electrons. The molecular weight excluding hydrogens is 208 g/mol. The Morgan fingerprint density at radius 2 is 2.12 bits per heavy atom. The molecule has 1 saturated carbocycles. The molecule has 0 aromatic rings. The Kier molecular flexibility index (Phi) is 3.12. The van der Waals surface area contributed by atoms with Crippen LogP contribution in [0.3, 0.4) is 0 Å². The van der Waals surface area contributed by atoms with Gasteiger partial charge in [0.25, 0.3) is 0 Å². The Hall–Kier alpha value is -1.52. The minimum Gasteiger partial charge on any atom is -0.480 e. The third kappa shape index (κ3) is 2.53. The van der Waals surface area contributed by atoms with Crippen molar-refractivity contribution >= 4 is 12.0 Å². The molecule has 0 atom stereocenters. The average molecular weight is 224 g/mol. The number of carboxylic acids is 1. The summed E-state index contributed by atoms with van der Waals surface area (Å²) < 4.78 is 0. The summed E-state index contributed by atoms with van der Waals surface area (Å²) in [6, 6.07) is 0.0174. The van der Waals surface area contributed by atoms with E-state index in [1.54, 1.807) is 4.90 Å². The fourth-order valence-corrected chi connectivity index (χ4v) is 1.88. The van der Waals surface area contributed by atoms with Gasteiger partial charge in [-0.05, 0) is 19.3 Å². The van der Waals surface area contributed by atoms with Crippen LogP contribution in [0.2, 0.25) is 0 Å². The van der Waals surface area contributed by atoms with E-state index in [0.29, 0.717) is 13.1 Å². The van der Waals surface area contributed by atoms with E-state index in [-0.39, 0.29) is 18.6 Å². The van der Waals surface area contributed by atoms with Gasteiger partial charge >= 0.3 is 12.0 Å². The summed E-state index contributed by atoms with van der Waals surface area (Å²) in [7, 11) is 0. The lowest BCUT2D eigenvalue weighted by molar-refractivity contribution is -0.137. The number of hydrogen-bond donors (Lipinski definition) is 1. The minimum atomic E-state index is -0.937. The van der Waals surface area contributed by atoms with Gasteiger partial charge in [-0.25, -0.2) is 4.79 Å². The van der Waals surface area contributed by atoms with Gasteiger partial charge in [0.05, 0.1) is 0 Å². The summed E-state index contributed by atoms with van der Waals surface area (Å²) >= 11 is 0. The molecule has 0 radical (unpaired) electrons. The molecule has 16 heavy (non-hydrogen) atoms. The van der Waals surface area contributed by atoms with Crippen LogP contribution >= 0.6 is 0 Å². The fourth-order valence-electron chi connectivity index (χ4n) is 1.88. The van der Waals surface area contributed by atoms with Crippen molar-refractivity contribution in [2.24, 2.45) is 0 Å². The lowest BCUT2D eigenvalue weighted by Gasteiger charge is -2.30. The van der Waals surface area contributed by atoms with Crippen molar-refractivity contribution in [2.75, 3.05) is 19.6 Å². The molecule has 1 N–H and O–H groups in total. The van der Waals surface area contributed by atoms with Gasteiger partial charge in [-0.1, -0.05) is 12.2 Å². The van der Waals surface area contributed by atoms with E-state index < -0.39 is 5.97 Å². The number of hydrogen-bond acceptors (Lipinski definition) is 2. The van der Waals surface area contributed by atoms with Gasteiger partial charge in [0.15, 0.2) is 0 Å². The molecule has 0 aromatic heterocycles. The molecule has 0 bridgehead atoms. The molecule has 1 aliphatic carbocycles. The van der Waals surface area contributed by atoms with E-state index in [9.17, 15) is 9.59 Å². The minimum absolute atomic E-state index is 0.130. The monoisotopic (exact) mass is 224 g/mol. The normalized spacial score (nSPS) is 19.6. The number of rotatable bonds is 3. The van der Waals surface area contributed by atoms with E-state index in [0.717, 1.165) is 19.3 Å². The first kappa shape index (κ1) is 11.0. The first-order valence-electron chi connectivity index (χ1n) is 5.61. The van der Waals surface area contributed by atoms with Crippen molar-refractivity contribution in [1.29, 1.82) is 0 Å². The lowest BCUT2D eigenvalue weighted by Crippen LogP contribution is -2.47. The average Bonchev–Trinajstić information content (AvgIpc) is 3.10. The molecular formula is C11H16N2O3. The Morgan fingerprint density at radius 3 is 2.62 bits per heavy atom. The molecule has 2 aliphatic rings. The maximum atomic E-state index is 12.1. The summed E-state index contributed by atoms with van der Waals surface area (Å²) in [5.41, 5.74) is 0. The number of carbonyl (C=O) groups is 2. The van der Waals surface area contributed by atoms with Crippen LogP contribution in [0.25, 0.3) is 0 Å². The van der Waals surface area contributed by atoms with E-state index in [2.05, 4.69) is 0 Å². The number of amides is 2. The zero-order chi connectivity index (χ0) is 11.5. The van der Waals surface area contributed by atoms with E-state index >= 15 is 0 Å². The zero-order valence-electron chi connectivity index (χ0n) is 9.13. The van der Waals surface area contributed by atoms with E-state index in [4.69, 9.17) is 5.11 Å². The molecule has 0 unspecified atom stereocenters. The Morgan fingerprint density at radius 1 is 1.38 bits per heavy atom. The summed E-state index contributed by atoms with van der Waals surface area (Å²) in [6.45, 7) is 1.11. The second-order valence-electron chi connectivity index (χ2n) is 4.24. The number of carboxylic acid groups (broad SMARTS) is 1. The van der Waals surface area contributed by atoms with Crippen molar-refractivity contribution in [3.05, 3.63) is 12.2 Å². The predicted molar refractivity (Wildman–Crippen MR) is 58.1 cm³/mol. The highest BCUT2D eigenvalue weighted by molar-refractivity contribution is 5.81. The van der Waals surface area contributed by atoms with Crippen molar-refractivity contribution in [1.82, 2.24) is 9.80 Å². The summed E-state index contributed by atoms with van der Waals surface area (Å²) in [5.74, 6) is -0.937. The van der Waals surface area contributed by atoms with Gasteiger partial charge in [0, 0.05) is 19.1 Å². The Balaban J connectivity index is 1.98. The van der Waals surface area contributed by atoms with Crippen LogP contribution in [-0.2, 0) is 4.79 Å². The van der Waals surface area contributed by atoms with Crippen molar-refractivity contribution in [3.8, 4) is 0 Å². The number of aliphatic carboxylic acids is 1. The van der Waals surface area contributed by atoms with Gasteiger partial charge in [-0.15, -0.1) is 0 Å². The van der Waals surface area contributed by atoms with E-state index in [1.165, 1.54) is 4.90 Å². The predicted octanol–water partition coefficient (Wildman–Crippen LogP) is 0.917. The fraction of sp³-hybridized carbons (Fsp3) is 0.636. The highest BCUT2D eigenvalue weighted by Crippen LogP contribution is 2.27. The van der Waals surface area contributed by atoms with Crippen LogP contribution in [0.1, 0.15) is 19.3 Å². The van der Waals surface area contributed by atoms with Crippen molar-refractivity contribution in [3.63, 3.8) is 0 Å². The van der Waals surface area contributed by atoms with E-state index in [1.807, 2.05) is 12.2 Å². The van der Waals surface area contributed by atoms with Gasteiger partial charge in [-0.3, -0.25) is 4.79 Å². The summed E-state index contributed by atoms with van der Waals surface area (Å²) in [6.07, 6.45) is 6.72. The zero-order valence-corrected chi connectivity index (χ0v) is 9.13. The molecule has 0 aromatic carbocycles. The van der Waals surface area contributed by atoms with Crippen molar-refractivity contribution in [2.45, 2.75) is 25.3 Å². The molecule has 5 heteroatoms. The van der Waals surface area contributed by atoms with Gasteiger partial charge < -0.3 is 14.9 Å². The molecule has 0 spiro atoms. The maximum Gasteiger partial charge on any atom is 0.323 e. The van der Waals surface area contributed by atoms with Crippen LogP contribution in [0, 0.1) is 0 Å². The third-order valence-corrected chi connectivity index (χ3v) is 2.87. The summed E-state index contributed by atoms with van der Waals surface area (Å²) in [4.78, 5) is 26.0. The van der Waals surface area contributed by atoms with Crippen LogP contribution in [0.15, 0.2) is 12.2 Å². The number of urea groups is 1. The first-order chi connectivity index (χ1) is 7.68. The first-order valence-corrected chi connectivity index (χ1v) is 5.61.